The highest BCUT2D eigenvalue weighted by Crippen LogP contribution is 2.22. The van der Waals surface area contributed by atoms with Gasteiger partial charge in [0.25, 0.3) is 0 Å². The molecule has 0 aliphatic heterocycles. The summed E-state index contributed by atoms with van der Waals surface area (Å²) < 4.78 is 3.57. The Hall–Kier alpha value is -4.16. The van der Waals surface area contributed by atoms with Crippen molar-refractivity contribution in [2.45, 2.75) is 0 Å². The summed E-state index contributed by atoms with van der Waals surface area (Å²) in [5, 5.41) is 19.5. The van der Waals surface area contributed by atoms with Crippen molar-refractivity contribution in [3.63, 3.8) is 0 Å². The molecule has 6 nitrogen and oxygen atoms in total. The number of nitrogens with zero attached hydrogens (tertiary/aromatic N) is 6. The van der Waals surface area contributed by atoms with Crippen LogP contribution in [0.3, 0.4) is 0 Å². The smallest absolute Gasteiger partial charge is 0.157 e. The summed E-state index contributed by atoms with van der Waals surface area (Å²) in [5.74, 6) is 0. The fraction of sp³-hybridized carbons (Fsp3) is 0. The molecule has 0 N–H and O–H groups in total. The van der Waals surface area contributed by atoms with E-state index < -0.39 is 0 Å². The van der Waals surface area contributed by atoms with Crippen molar-refractivity contribution in [2.24, 2.45) is 0 Å². The molecule has 0 aliphatic carbocycles. The molecule has 26 heavy (non-hydrogen) atoms. The third-order valence-corrected chi connectivity index (χ3v) is 4.43. The second-order valence-electron chi connectivity index (χ2n) is 5.90. The van der Waals surface area contributed by atoms with Gasteiger partial charge in [-0.2, -0.15) is 10.5 Å². The van der Waals surface area contributed by atoms with Gasteiger partial charge in [0.1, 0.15) is 23.3 Å². The van der Waals surface area contributed by atoms with Gasteiger partial charge in [-0.15, -0.1) is 0 Å². The highest BCUT2D eigenvalue weighted by atomic mass is 15.0. The van der Waals surface area contributed by atoms with Gasteiger partial charge in [0, 0.05) is 12.4 Å². The highest BCUT2D eigenvalue weighted by Gasteiger charge is 2.12. The maximum atomic E-state index is 9.75. The van der Waals surface area contributed by atoms with Gasteiger partial charge < -0.3 is 0 Å². The van der Waals surface area contributed by atoms with Crippen LogP contribution in [0.5, 0.6) is 0 Å². The summed E-state index contributed by atoms with van der Waals surface area (Å²) in [7, 11) is 0. The molecule has 0 spiro atoms. The predicted octanol–water partition coefficient (Wildman–Crippen LogP) is 3.59. The van der Waals surface area contributed by atoms with Gasteiger partial charge in [0.05, 0.1) is 22.1 Å². The Morgan fingerprint density at radius 2 is 1.08 bits per heavy atom. The zero-order chi connectivity index (χ0) is 17.7. The summed E-state index contributed by atoms with van der Waals surface area (Å²) in [6, 6.07) is 19.7. The summed E-state index contributed by atoms with van der Waals surface area (Å²) in [5.41, 5.74) is 5.01. The molecule has 0 bridgehead atoms. The first-order chi connectivity index (χ1) is 12.8. The van der Waals surface area contributed by atoms with E-state index in [1.165, 1.54) is 0 Å². The van der Waals surface area contributed by atoms with Crippen LogP contribution >= 0.6 is 0 Å². The molecule has 5 rings (SSSR count). The van der Waals surface area contributed by atoms with E-state index in [2.05, 4.69) is 22.1 Å². The molecular weight excluding hydrogens is 324 g/mol. The van der Waals surface area contributed by atoms with Gasteiger partial charge >= 0.3 is 0 Å². The number of aromatic nitrogens is 4. The largest absolute Gasteiger partial charge is 0.297 e. The Morgan fingerprint density at radius 1 is 0.654 bits per heavy atom. The minimum absolute atomic E-state index is 0.402. The topological polar surface area (TPSA) is 82.2 Å². The second-order valence-corrected chi connectivity index (χ2v) is 5.90. The molecule has 0 saturated carbocycles. The van der Waals surface area contributed by atoms with Crippen LogP contribution in [0.2, 0.25) is 0 Å². The monoisotopic (exact) mass is 334 g/mol. The average molecular weight is 334 g/mol. The molecule has 0 fully saturated rings. The standard InChI is InChI=1S/C20H10N6/c21-9-13-12-26-18-8-4-2-6-16(18)24-20(26)14(10-22)11-25-17-7-3-1-5-15(17)23-19(13)25/h1-8,11-12H. The van der Waals surface area contributed by atoms with Gasteiger partial charge in [-0.25, -0.2) is 9.97 Å². The number of benzene rings is 2. The van der Waals surface area contributed by atoms with Crippen LogP contribution < -0.4 is 0 Å². The van der Waals surface area contributed by atoms with Gasteiger partial charge in [-0.3, -0.25) is 8.80 Å². The van der Waals surface area contributed by atoms with Crippen molar-refractivity contribution in [2.75, 3.05) is 0 Å². The van der Waals surface area contributed by atoms with Crippen LogP contribution in [0.1, 0.15) is 11.1 Å². The zero-order valence-corrected chi connectivity index (χ0v) is 13.5. The number of rotatable bonds is 0. The molecule has 3 aromatic heterocycles. The highest BCUT2D eigenvalue weighted by molar-refractivity contribution is 5.84. The number of fused-ring (bicyclic) bond motifs is 6. The molecule has 120 valence electrons. The Morgan fingerprint density at radius 3 is 1.50 bits per heavy atom. The maximum absolute atomic E-state index is 9.75. The van der Waals surface area contributed by atoms with Crippen molar-refractivity contribution in [3.8, 4) is 12.1 Å². The van der Waals surface area contributed by atoms with Crippen molar-refractivity contribution in [3.05, 3.63) is 72.1 Å². The fourth-order valence-electron chi connectivity index (χ4n) is 3.26. The van der Waals surface area contributed by atoms with Crippen LogP contribution in [0.15, 0.2) is 60.9 Å². The summed E-state index contributed by atoms with van der Waals surface area (Å²) in [6.45, 7) is 0. The van der Waals surface area contributed by atoms with Crippen molar-refractivity contribution in [1.82, 2.24) is 18.8 Å². The number of imidazole rings is 2. The predicted molar refractivity (Wildman–Crippen MR) is 97.2 cm³/mol. The zero-order valence-electron chi connectivity index (χ0n) is 13.5. The van der Waals surface area contributed by atoms with Crippen LogP contribution in [-0.4, -0.2) is 18.8 Å². The normalized spacial score (nSPS) is 11.0. The molecule has 5 aromatic rings. The lowest BCUT2D eigenvalue weighted by Crippen LogP contribution is -1.94. The lowest BCUT2D eigenvalue weighted by Gasteiger charge is -1.99. The SMILES string of the molecule is N#Cc1cn2c(nc3ccccc32)c(C#N)cn2c1nc1ccccc12. The minimum Gasteiger partial charge on any atom is -0.297 e. The minimum atomic E-state index is 0.402. The van der Waals surface area contributed by atoms with E-state index in [0.717, 1.165) is 22.1 Å². The van der Waals surface area contributed by atoms with Crippen molar-refractivity contribution in [1.29, 1.82) is 10.5 Å². The Balaban J connectivity index is 2.13. The Labute approximate surface area is 147 Å². The van der Waals surface area contributed by atoms with E-state index in [1.807, 2.05) is 48.5 Å². The molecular formula is C20H10N6. The summed E-state index contributed by atoms with van der Waals surface area (Å²) in [6.07, 6.45) is 3.40. The molecule has 0 unspecified atom stereocenters. The lowest BCUT2D eigenvalue weighted by molar-refractivity contribution is 1.16. The van der Waals surface area contributed by atoms with Crippen LogP contribution in [0.25, 0.3) is 33.4 Å². The number of hydrogen-bond donors (Lipinski definition) is 0. The molecule has 0 amide bonds. The van der Waals surface area contributed by atoms with E-state index >= 15 is 0 Å². The Kier molecular flexibility index (Phi) is 2.82. The van der Waals surface area contributed by atoms with Gasteiger partial charge in [-0.05, 0) is 24.3 Å². The van der Waals surface area contributed by atoms with E-state index in [0.29, 0.717) is 22.4 Å². The van der Waals surface area contributed by atoms with E-state index in [4.69, 9.17) is 0 Å². The maximum Gasteiger partial charge on any atom is 0.157 e. The van der Waals surface area contributed by atoms with E-state index in [-0.39, 0.29) is 0 Å². The second kappa shape index (κ2) is 5.17. The van der Waals surface area contributed by atoms with E-state index in [9.17, 15) is 10.5 Å². The Bertz CT molecular complexity index is 1340. The first-order valence-corrected chi connectivity index (χ1v) is 7.98. The fourth-order valence-corrected chi connectivity index (χ4v) is 3.26. The average Bonchev–Trinajstić information content (AvgIpc) is 3.21. The quantitative estimate of drug-likeness (QED) is 0.433. The molecule has 0 atom stereocenters. The first-order valence-electron chi connectivity index (χ1n) is 7.98. The lowest BCUT2D eigenvalue weighted by atomic mass is 10.3. The number of hydrogen-bond acceptors (Lipinski definition) is 4. The van der Waals surface area contributed by atoms with Crippen molar-refractivity contribution < 1.29 is 0 Å². The molecule has 6 heteroatoms. The van der Waals surface area contributed by atoms with Gasteiger partial charge in [-0.1, -0.05) is 24.3 Å². The number of para-hydroxylation sites is 4. The van der Waals surface area contributed by atoms with Crippen molar-refractivity contribution >= 4 is 33.4 Å². The van der Waals surface area contributed by atoms with Crippen LogP contribution in [0, 0.1) is 22.7 Å². The summed E-state index contributed by atoms with van der Waals surface area (Å²) >= 11 is 0. The third kappa shape index (κ3) is 1.84. The molecule has 3 heterocycles. The van der Waals surface area contributed by atoms with E-state index in [1.54, 1.807) is 21.2 Å². The summed E-state index contributed by atoms with van der Waals surface area (Å²) in [4.78, 5) is 9.20. The molecule has 0 radical (unpaired) electrons. The van der Waals surface area contributed by atoms with Gasteiger partial charge in [0.2, 0.25) is 0 Å². The molecule has 0 aliphatic rings. The number of nitriles is 2. The third-order valence-electron chi connectivity index (χ3n) is 4.43. The first kappa shape index (κ1) is 14.2. The van der Waals surface area contributed by atoms with Crippen LogP contribution in [-0.2, 0) is 0 Å². The van der Waals surface area contributed by atoms with Gasteiger partial charge in [0.15, 0.2) is 11.3 Å². The van der Waals surface area contributed by atoms with Crippen LogP contribution in [0.4, 0.5) is 0 Å². The molecule has 2 aromatic carbocycles. The molecule has 0 saturated heterocycles.